The van der Waals surface area contributed by atoms with Crippen molar-refractivity contribution in [3.63, 3.8) is 0 Å². The van der Waals surface area contributed by atoms with Gasteiger partial charge in [-0.25, -0.2) is 0 Å². The summed E-state index contributed by atoms with van der Waals surface area (Å²) >= 11 is 0. The molecule has 3 nitrogen and oxygen atoms in total. The number of hydrogen-bond acceptors (Lipinski definition) is 2. The Labute approximate surface area is 106 Å². The molecule has 0 amide bonds. The monoisotopic (exact) mass is 242 g/mol. The SMILES string of the molecule is Cn1c(C2CCCCC2)nc(=O)c2ccccc21. The molecule has 1 aromatic carbocycles. The van der Waals surface area contributed by atoms with Gasteiger partial charge in [-0.05, 0) is 25.0 Å². The van der Waals surface area contributed by atoms with Crippen LogP contribution in [0.5, 0.6) is 0 Å². The second-order valence-corrected chi connectivity index (χ2v) is 5.19. The lowest BCUT2D eigenvalue weighted by molar-refractivity contribution is 0.419. The van der Waals surface area contributed by atoms with Gasteiger partial charge < -0.3 is 4.57 Å². The maximum atomic E-state index is 12.1. The van der Waals surface area contributed by atoms with Crippen molar-refractivity contribution < 1.29 is 0 Å². The van der Waals surface area contributed by atoms with Crippen molar-refractivity contribution in [3.8, 4) is 0 Å². The van der Waals surface area contributed by atoms with E-state index in [4.69, 9.17) is 0 Å². The van der Waals surface area contributed by atoms with Gasteiger partial charge in [0.25, 0.3) is 5.56 Å². The fraction of sp³-hybridized carbons (Fsp3) is 0.467. The number of rotatable bonds is 1. The van der Waals surface area contributed by atoms with Crippen molar-refractivity contribution in [2.45, 2.75) is 38.0 Å². The van der Waals surface area contributed by atoms with E-state index in [0.717, 1.165) is 16.7 Å². The van der Waals surface area contributed by atoms with Gasteiger partial charge in [-0.3, -0.25) is 4.79 Å². The normalized spacial score (nSPS) is 17.2. The molecule has 1 fully saturated rings. The highest BCUT2D eigenvalue weighted by Gasteiger charge is 2.20. The predicted molar refractivity (Wildman–Crippen MR) is 72.8 cm³/mol. The third-order valence-corrected chi connectivity index (χ3v) is 4.03. The van der Waals surface area contributed by atoms with Gasteiger partial charge in [0.1, 0.15) is 5.82 Å². The molecule has 0 aliphatic heterocycles. The Morgan fingerprint density at radius 1 is 1.17 bits per heavy atom. The number of aryl methyl sites for hydroxylation is 1. The number of benzene rings is 1. The second kappa shape index (κ2) is 4.56. The van der Waals surface area contributed by atoms with Crippen LogP contribution >= 0.6 is 0 Å². The van der Waals surface area contributed by atoms with Crippen molar-refractivity contribution in [1.82, 2.24) is 9.55 Å². The minimum Gasteiger partial charge on any atom is -0.332 e. The molecule has 3 heteroatoms. The molecule has 0 bridgehead atoms. The van der Waals surface area contributed by atoms with Crippen LogP contribution in [0.1, 0.15) is 43.8 Å². The van der Waals surface area contributed by atoms with Crippen molar-refractivity contribution >= 4 is 10.9 Å². The Bertz CT molecular complexity index is 624. The molecule has 1 aromatic heterocycles. The lowest BCUT2D eigenvalue weighted by atomic mass is 9.88. The van der Waals surface area contributed by atoms with Crippen LogP contribution in [0.3, 0.4) is 0 Å². The molecule has 94 valence electrons. The van der Waals surface area contributed by atoms with Crippen molar-refractivity contribution in [2.75, 3.05) is 0 Å². The first-order chi connectivity index (χ1) is 8.77. The molecular formula is C15H18N2O. The zero-order valence-corrected chi connectivity index (χ0v) is 10.7. The minimum absolute atomic E-state index is 0.0794. The van der Waals surface area contributed by atoms with Crippen molar-refractivity contribution in [1.29, 1.82) is 0 Å². The largest absolute Gasteiger partial charge is 0.332 e. The molecule has 0 spiro atoms. The Hall–Kier alpha value is -1.64. The fourth-order valence-corrected chi connectivity index (χ4v) is 3.04. The zero-order valence-electron chi connectivity index (χ0n) is 10.7. The molecular weight excluding hydrogens is 224 g/mol. The van der Waals surface area contributed by atoms with Crippen LogP contribution in [0, 0.1) is 0 Å². The molecule has 1 saturated carbocycles. The van der Waals surface area contributed by atoms with E-state index in [1.54, 1.807) is 0 Å². The zero-order chi connectivity index (χ0) is 12.5. The first kappa shape index (κ1) is 11.5. The van der Waals surface area contributed by atoms with Crippen LogP contribution < -0.4 is 5.56 Å². The third kappa shape index (κ3) is 1.84. The van der Waals surface area contributed by atoms with E-state index in [9.17, 15) is 4.79 Å². The Morgan fingerprint density at radius 3 is 2.67 bits per heavy atom. The lowest BCUT2D eigenvalue weighted by Crippen LogP contribution is -2.21. The van der Waals surface area contributed by atoms with Gasteiger partial charge in [0.15, 0.2) is 0 Å². The van der Waals surface area contributed by atoms with E-state index in [2.05, 4.69) is 9.55 Å². The van der Waals surface area contributed by atoms with Gasteiger partial charge in [0.05, 0.1) is 10.9 Å². The van der Waals surface area contributed by atoms with Gasteiger partial charge in [0, 0.05) is 13.0 Å². The smallest absolute Gasteiger partial charge is 0.280 e. The van der Waals surface area contributed by atoms with Crippen LogP contribution in [0.15, 0.2) is 29.1 Å². The molecule has 0 radical (unpaired) electrons. The molecule has 1 aliphatic rings. The highest BCUT2D eigenvalue weighted by molar-refractivity contribution is 5.78. The number of aromatic nitrogens is 2. The summed E-state index contributed by atoms with van der Waals surface area (Å²) in [4.78, 5) is 16.4. The summed E-state index contributed by atoms with van der Waals surface area (Å²) in [5.41, 5.74) is 0.919. The van der Waals surface area contributed by atoms with Crippen LogP contribution in [-0.2, 0) is 7.05 Å². The quantitative estimate of drug-likeness (QED) is 0.770. The summed E-state index contributed by atoms with van der Waals surface area (Å²) in [7, 11) is 2.03. The molecule has 1 heterocycles. The highest BCUT2D eigenvalue weighted by atomic mass is 16.1. The van der Waals surface area contributed by atoms with E-state index < -0.39 is 0 Å². The average molecular weight is 242 g/mol. The molecule has 0 unspecified atom stereocenters. The van der Waals surface area contributed by atoms with E-state index >= 15 is 0 Å². The summed E-state index contributed by atoms with van der Waals surface area (Å²) < 4.78 is 2.10. The molecule has 1 aliphatic carbocycles. The van der Waals surface area contributed by atoms with Gasteiger partial charge in [-0.2, -0.15) is 4.98 Å². The van der Waals surface area contributed by atoms with Crippen LogP contribution in [0.4, 0.5) is 0 Å². The van der Waals surface area contributed by atoms with Crippen LogP contribution in [0.2, 0.25) is 0 Å². The maximum Gasteiger partial charge on any atom is 0.280 e. The Morgan fingerprint density at radius 2 is 1.89 bits per heavy atom. The molecule has 18 heavy (non-hydrogen) atoms. The van der Waals surface area contributed by atoms with Gasteiger partial charge >= 0.3 is 0 Å². The summed E-state index contributed by atoms with van der Waals surface area (Å²) in [5, 5.41) is 0.722. The molecule has 2 aromatic rings. The standard InChI is InChI=1S/C15H18N2O/c1-17-13-10-6-5-9-12(13)15(18)16-14(17)11-7-3-2-4-8-11/h5-6,9-11H,2-4,7-8H2,1H3. The van der Waals surface area contributed by atoms with Crippen LogP contribution in [-0.4, -0.2) is 9.55 Å². The average Bonchev–Trinajstić information content (AvgIpc) is 2.44. The van der Waals surface area contributed by atoms with Gasteiger partial charge in [0.2, 0.25) is 0 Å². The van der Waals surface area contributed by atoms with Crippen molar-refractivity contribution in [2.24, 2.45) is 7.05 Å². The Balaban J connectivity index is 2.18. The third-order valence-electron chi connectivity index (χ3n) is 4.03. The van der Waals surface area contributed by atoms with Gasteiger partial charge in [-0.1, -0.05) is 31.4 Å². The topological polar surface area (TPSA) is 34.9 Å². The summed E-state index contributed by atoms with van der Waals surface area (Å²) in [6.45, 7) is 0. The first-order valence-corrected chi connectivity index (χ1v) is 6.73. The number of fused-ring (bicyclic) bond motifs is 1. The Kier molecular flexibility index (Phi) is 2.90. The van der Waals surface area contributed by atoms with E-state index in [1.807, 2.05) is 31.3 Å². The highest BCUT2D eigenvalue weighted by Crippen LogP contribution is 2.31. The summed E-state index contributed by atoms with van der Waals surface area (Å²) in [5.74, 6) is 1.43. The predicted octanol–water partition coefficient (Wildman–Crippen LogP) is 2.98. The summed E-state index contributed by atoms with van der Waals surface area (Å²) in [6, 6.07) is 7.73. The minimum atomic E-state index is -0.0794. The number of nitrogens with zero attached hydrogens (tertiary/aromatic N) is 2. The first-order valence-electron chi connectivity index (χ1n) is 6.73. The maximum absolute atomic E-state index is 12.1. The lowest BCUT2D eigenvalue weighted by Gasteiger charge is -2.23. The van der Waals surface area contributed by atoms with Crippen molar-refractivity contribution in [3.05, 3.63) is 40.4 Å². The van der Waals surface area contributed by atoms with E-state index in [0.29, 0.717) is 5.92 Å². The second-order valence-electron chi connectivity index (χ2n) is 5.19. The van der Waals surface area contributed by atoms with Gasteiger partial charge in [-0.15, -0.1) is 0 Å². The van der Waals surface area contributed by atoms with Crippen LogP contribution in [0.25, 0.3) is 10.9 Å². The number of hydrogen-bond donors (Lipinski definition) is 0. The van der Waals surface area contributed by atoms with E-state index in [-0.39, 0.29) is 5.56 Å². The molecule has 0 saturated heterocycles. The molecule has 0 atom stereocenters. The number of para-hydroxylation sites is 1. The summed E-state index contributed by atoms with van der Waals surface area (Å²) in [6.07, 6.45) is 6.16. The van der Waals surface area contributed by atoms with E-state index in [1.165, 1.54) is 32.1 Å². The molecule has 0 N–H and O–H groups in total. The fourth-order valence-electron chi connectivity index (χ4n) is 3.04. The molecule has 3 rings (SSSR count).